The van der Waals surface area contributed by atoms with Gasteiger partial charge in [-0.05, 0) is 13.0 Å². The Balaban J connectivity index is 3.13. The average Bonchev–Trinajstić information content (AvgIpc) is 2.34. The van der Waals surface area contributed by atoms with Gasteiger partial charge in [0.1, 0.15) is 11.9 Å². The zero-order chi connectivity index (χ0) is 12.8. The Hall–Kier alpha value is -2.20. The van der Waals surface area contributed by atoms with Gasteiger partial charge in [0.25, 0.3) is 0 Å². The van der Waals surface area contributed by atoms with Gasteiger partial charge in [0, 0.05) is 19.2 Å². The first-order chi connectivity index (χ1) is 8.13. The molecule has 0 aromatic carbocycles. The van der Waals surface area contributed by atoms with Gasteiger partial charge in [-0.15, -0.1) is 0 Å². The van der Waals surface area contributed by atoms with E-state index in [1.54, 1.807) is 11.0 Å². The van der Waals surface area contributed by atoms with Crippen LogP contribution in [0.25, 0.3) is 0 Å². The van der Waals surface area contributed by atoms with Gasteiger partial charge in [-0.3, -0.25) is 10.1 Å². The first kappa shape index (κ1) is 12.9. The SMILES string of the molecule is CCN(CCO)c1ccc([N+](=O)[O-])c(C#N)n1. The van der Waals surface area contributed by atoms with Crippen LogP contribution in [0, 0.1) is 21.4 Å². The van der Waals surface area contributed by atoms with Crippen molar-refractivity contribution in [3.05, 3.63) is 27.9 Å². The molecule has 17 heavy (non-hydrogen) atoms. The second-order valence-electron chi connectivity index (χ2n) is 3.21. The standard InChI is InChI=1S/C10H12N4O3/c1-2-13(5-6-15)10-4-3-9(14(16)17)8(7-11)12-10/h3-4,15H,2,5-6H2,1H3. The Bertz CT molecular complexity index is 455. The number of aliphatic hydroxyl groups excluding tert-OH is 1. The highest BCUT2D eigenvalue weighted by atomic mass is 16.6. The van der Waals surface area contributed by atoms with Crippen molar-refractivity contribution >= 4 is 11.5 Å². The fourth-order valence-corrected chi connectivity index (χ4v) is 1.40. The molecule has 1 aromatic rings. The van der Waals surface area contributed by atoms with Crippen molar-refractivity contribution in [1.29, 1.82) is 5.26 Å². The molecule has 1 N–H and O–H groups in total. The molecule has 0 unspecified atom stereocenters. The molecule has 0 fully saturated rings. The highest BCUT2D eigenvalue weighted by molar-refractivity contribution is 5.51. The van der Waals surface area contributed by atoms with Crippen LogP contribution in [0.15, 0.2) is 12.1 Å². The average molecular weight is 236 g/mol. The summed E-state index contributed by atoms with van der Waals surface area (Å²) in [6, 6.07) is 4.42. The van der Waals surface area contributed by atoms with E-state index in [4.69, 9.17) is 10.4 Å². The van der Waals surface area contributed by atoms with Crippen molar-refractivity contribution in [3.8, 4) is 6.07 Å². The Labute approximate surface area is 98.1 Å². The van der Waals surface area contributed by atoms with Gasteiger partial charge in [-0.2, -0.15) is 5.26 Å². The summed E-state index contributed by atoms with van der Waals surface area (Å²) in [4.78, 5) is 15.6. The topological polar surface area (TPSA) is 103 Å². The number of nitro groups is 1. The molecule has 0 aliphatic rings. The zero-order valence-electron chi connectivity index (χ0n) is 9.33. The van der Waals surface area contributed by atoms with Crippen LogP contribution in [-0.2, 0) is 0 Å². The van der Waals surface area contributed by atoms with Gasteiger partial charge in [0.15, 0.2) is 0 Å². The summed E-state index contributed by atoms with van der Waals surface area (Å²) in [6.07, 6.45) is 0. The summed E-state index contributed by atoms with van der Waals surface area (Å²) in [5.74, 6) is 0.448. The van der Waals surface area contributed by atoms with Crippen LogP contribution in [0.2, 0.25) is 0 Å². The fraction of sp³-hybridized carbons (Fsp3) is 0.400. The smallest absolute Gasteiger partial charge is 0.305 e. The zero-order valence-corrected chi connectivity index (χ0v) is 9.33. The predicted octanol–water partition coefficient (Wildman–Crippen LogP) is 0.680. The van der Waals surface area contributed by atoms with Crippen molar-refractivity contribution in [2.24, 2.45) is 0 Å². The largest absolute Gasteiger partial charge is 0.395 e. The van der Waals surface area contributed by atoms with E-state index in [0.29, 0.717) is 18.9 Å². The minimum atomic E-state index is -0.641. The van der Waals surface area contributed by atoms with E-state index in [1.165, 1.54) is 12.1 Å². The van der Waals surface area contributed by atoms with Crippen LogP contribution in [0.5, 0.6) is 0 Å². The molecule has 90 valence electrons. The number of pyridine rings is 1. The van der Waals surface area contributed by atoms with Crippen molar-refractivity contribution < 1.29 is 10.0 Å². The molecule has 0 atom stereocenters. The second kappa shape index (κ2) is 5.77. The molecule has 1 aromatic heterocycles. The molecule has 1 heterocycles. The number of anilines is 1. The molecule has 1 rings (SSSR count). The van der Waals surface area contributed by atoms with Crippen LogP contribution < -0.4 is 4.90 Å². The quantitative estimate of drug-likeness (QED) is 0.595. The van der Waals surface area contributed by atoms with Crippen molar-refractivity contribution in [2.45, 2.75) is 6.92 Å². The molecule has 0 saturated heterocycles. The third-order valence-corrected chi connectivity index (χ3v) is 2.24. The monoisotopic (exact) mass is 236 g/mol. The fourth-order valence-electron chi connectivity index (χ4n) is 1.40. The summed E-state index contributed by atoms with van der Waals surface area (Å²) in [6.45, 7) is 2.78. The maximum atomic E-state index is 10.6. The number of aliphatic hydroxyl groups is 1. The van der Waals surface area contributed by atoms with Crippen molar-refractivity contribution in [1.82, 2.24) is 4.98 Å². The Morgan fingerprint density at radius 2 is 2.35 bits per heavy atom. The van der Waals surface area contributed by atoms with Gasteiger partial charge < -0.3 is 10.0 Å². The first-order valence-electron chi connectivity index (χ1n) is 5.05. The van der Waals surface area contributed by atoms with Gasteiger partial charge in [-0.1, -0.05) is 0 Å². The number of rotatable bonds is 5. The summed E-state index contributed by atoms with van der Waals surface area (Å²) >= 11 is 0. The maximum Gasteiger partial charge on any atom is 0.305 e. The predicted molar refractivity (Wildman–Crippen MR) is 60.6 cm³/mol. The van der Waals surface area contributed by atoms with Crippen LogP contribution in [-0.4, -0.2) is 34.7 Å². The van der Waals surface area contributed by atoms with E-state index in [1.807, 2.05) is 6.92 Å². The highest BCUT2D eigenvalue weighted by Gasteiger charge is 2.17. The van der Waals surface area contributed by atoms with E-state index in [0.717, 1.165) is 0 Å². The maximum absolute atomic E-state index is 10.6. The lowest BCUT2D eigenvalue weighted by Crippen LogP contribution is -2.27. The molecule has 0 spiro atoms. The Kier molecular flexibility index (Phi) is 4.37. The van der Waals surface area contributed by atoms with Crippen molar-refractivity contribution in [2.75, 3.05) is 24.6 Å². The highest BCUT2D eigenvalue weighted by Crippen LogP contribution is 2.20. The van der Waals surface area contributed by atoms with E-state index in [2.05, 4.69) is 4.98 Å². The van der Waals surface area contributed by atoms with Crippen LogP contribution in [0.1, 0.15) is 12.6 Å². The number of hydrogen-bond acceptors (Lipinski definition) is 6. The molecule has 0 saturated carbocycles. The minimum absolute atomic E-state index is 0.0472. The molecule has 7 heteroatoms. The minimum Gasteiger partial charge on any atom is -0.395 e. The van der Waals surface area contributed by atoms with Crippen LogP contribution >= 0.6 is 0 Å². The molecular formula is C10H12N4O3. The Morgan fingerprint density at radius 1 is 1.65 bits per heavy atom. The third-order valence-electron chi connectivity index (χ3n) is 2.24. The number of likely N-dealkylation sites (N-methyl/N-ethyl adjacent to an activating group) is 1. The number of aromatic nitrogens is 1. The van der Waals surface area contributed by atoms with E-state index in [-0.39, 0.29) is 18.0 Å². The molecule has 0 aliphatic heterocycles. The lowest BCUT2D eigenvalue weighted by Gasteiger charge is -2.20. The number of nitriles is 1. The van der Waals surface area contributed by atoms with E-state index < -0.39 is 4.92 Å². The van der Waals surface area contributed by atoms with Gasteiger partial charge in [0.2, 0.25) is 5.69 Å². The van der Waals surface area contributed by atoms with Gasteiger partial charge >= 0.3 is 5.69 Å². The summed E-state index contributed by atoms with van der Waals surface area (Å²) in [7, 11) is 0. The Morgan fingerprint density at radius 3 is 2.82 bits per heavy atom. The van der Waals surface area contributed by atoms with Gasteiger partial charge in [0.05, 0.1) is 11.5 Å². The van der Waals surface area contributed by atoms with Crippen LogP contribution in [0.4, 0.5) is 11.5 Å². The van der Waals surface area contributed by atoms with E-state index >= 15 is 0 Å². The summed E-state index contributed by atoms with van der Waals surface area (Å²) < 4.78 is 0. The number of hydrogen-bond donors (Lipinski definition) is 1. The molecule has 0 aliphatic carbocycles. The lowest BCUT2D eigenvalue weighted by molar-refractivity contribution is -0.385. The second-order valence-corrected chi connectivity index (χ2v) is 3.21. The summed E-state index contributed by atoms with van der Waals surface area (Å²) in [5.41, 5.74) is -0.528. The molecule has 7 nitrogen and oxygen atoms in total. The molecular weight excluding hydrogens is 224 g/mol. The molecule has 0 radical (unpaired) electrons. The van der Waals surface area contributed by atoms with Crippen LogP contribution in [0.3, 0.4) is 0 Å². The third kappa shape index (κ3) is 2.89. The normalized spacial score (nSPS) is 9.71. The van der Waals surface area contributed by atoms with Crippen molar-refractivity contribution in [3.63, 3.8) is 0 Å². The first-order valence-corrected chi connectivity index (χ1v) is 5.05. The molecule has 0 bridgehead atoms. The van der Waals surface area contributed by atoms with Gasteiger partial charge in [-0.25, -0.2) is 4.98 Å². The van der Waals surface area contributed by atoms with E-state index in [9.17, 15) is 10.1 Å². The molecule has 0 amide bonds. The summed E-state index contributed by atoms with van der Waals surface area (Å²) in [5, 5.41) is 28.3. The lowest BCUT2D eigenvalue weighted by atomic mass is 10.3. The number of nitrogens with zero attached hydrogens (tertiary/aromatic N) is 4.